The summed E-state index contributed by atoms with van der Waals surface area (Å²) >= 11 is 3.54. The van der Waals surface area contributed by atoms with Crippen LogP contribution in [0.15, 0.2) is 4.47 Å². The van der Waals surface area contributed by atoms with Gasteiger partial charge in [0.05, 0.1) is 34.4 Å². The van der Waals surface area contributed by atoms with Gasteiger partial charge in [-0.2, -0.15) is 5.10 Å². The number of methoxy groups -OCH3 is 1. The Morgan fingerprint density at radius 3 is 2.89 bits per heavy atom. The molecule has 0 spiro atoms. The monoisotopic (exact) mass is 329 g/mol. The largest absolute Gasteiger partial charge is 0.380 e. The van der Waals surface area contributed by atoms with E-state index in [1.165, 1.54) is 0 Å². The minimum Gasteiger partial charge on any atom is -0.380 e. The van der Waals surface area contributed by atoms with Gasteiger partial charge in [-0.25, -0.2) is 0 Å². The van der Waals surface area contributed by atoms with E-state index >= 15 is 0 Å². The summed E-state index contributed by atoms with van der Waals surface area (Å²) in [6.45, 7) is 2.81. The number of aryl methyl sites for hydroxylation is 2. The lowest BCUT2D eigenvalue weighted by molar-refractivity contribution is -0.120. The fourth-order valence-electron chi connectivity index (χ4n) is 2.43. The molecule has 0 radical (unpaired) electrons. The minimum absolute atomic E-state index is 0.100. The van der Waals surface area contributed by atoms with Crippen LogP contribution in [-0.2, 0) is 29.4 Å². The predicted molar refractivity (Wildman–Crippen MR) is 76.2 cm³/mol. The molecule has 1 aromatic rings. The van der Waals surface area contributed by atoms with Gasteiger partial charge in [0.1, 0.15) is 0 Å². The number of rotatable bonds is 5. The number of carbonyl (C=O) groups is 1. The van der Waals surface area contributed by atoms with Gasteiger partial charge in [-0.3, -0.25) is 9.48 Å². The van der Waals surface area contributed by atoms with E-state index in [1.807, 2.05) is 7.05 Å². The van der Waals surface area contributed by atoms with Crippen LogP contribution in [0.5, 0.6) is 0 Å². The van der Waals surface area contributed by atoms with Crippen molar-refractivity contribution in [1.29, 1.82) is 0 Å². The molecule has 6 heteroatoms. The van der Waals surface area contributed by atoms with Crippen molar-refractivity contribution in [1.82, 2.24) is 15.1 Å². The first kappa shape index (κ1) is 14.7. The van der Waals surface area contributed by atoms with E-state index in [-0.39, 0.29) is 17.9 Å². The number of ketones is 1. The molecule has 106 valence electrons. The minimum atomic E-state index is -0.100. The van der Waals surface area contributed by atoms with Crippen molar-refractivity contribution in [3.63, 3.8) is 0 Å². The molecule has 1 aliphatic rings. The van der Waals surface area contributed by atoms with E-state index in [1.54, 1.807) is 11.8 Å². The van der Waals surface area contributed by atoms with Gasteiger partial charge in [0.2, 0.25) is 0 Å². The summed E-state index contributed by atoms with van der Waals surface area (Å²) in [6, 6.07) is -0.100. The molecular formula is C13H20BrN3O2. The summed E-state index contributed by atoms with van der Waals surface area (Å²) in [6.07, 6.45) is 2.16. The third-order valence-electron chi connectivity index (χ3n) is 3.66. The first-order chi connectivity index (χ1) is 9.06. The highest BCUT2D eigenvalue weighted by molar-refractivity contribution is 9.10. The summed E-state index contributed by atoms with van der Waals surface area (Å²) < 4.78 is 8.03. The number of hydrogen-bond donors (Lipinski definition) is 1. The number of ether oxygens (including phenoxy) is 1. The highest BCUT2D eigenvalue weighted by atomic mass is 79.9. The topological polar surface area (TPSA) is 56.2 Å². The van der Waals surface area contributed by atoms with Crippen LogP contribution in [-0.4, -0.2) is 41.4 Å². The fraction of sp³-hybridized carbons (Fsp3) is 0.692. The number of Topliss-reactive ketones (excluding diaryl/α,β-unsaturated/α-hetero) is 1. The van der Waals surface area contributed by atoms with Crippen LogP contribution in [0.25, 0.3) is 0 Å². The molecule has 0 aromatic carbocycles. The van der Waals surface area contributed by atoms with Crippen LogP contribution in [0.4, 0.5) is 0 Å². The van der Waals surface area contributed by atoms with Crippen molar-refractivity contribution in [3.8, 4) is 0 Å². The molecule has 2 heterocycles. The van der Waals surface area contributed by atoms with Crippen LogP contribution >= 0.6 is 15.9 Å². The van der Waals surface area contributed by atoms with Gasteiger partial charge in [-0.1, -0.05) is 6.92 Å². The summed E-state index contributed by atoms with van der Waals surface area (Å²) in [4.78, 5) is 12.3. The predicted octanol–water partition coefficient (Wildman–Crippen LogP) is 1.23. The summed E-state index contributed by atoms with van der Waals surface area (Å²) in [5, 5.41) is 7.63. The maximum absolute atomic E-state index is 12.3. The molecular weight excluding hydrogens is 310 g/mol. The quantitative estimate of drug-likeness (QED) is 0.882. The Bertz CT molecular complexity index is 473. The highest BCUT2D eigenvalue weighted by Gasteiger charge is 2.30. The average molecular weight is 330 g/mol. The summed E-state index contributed by atoms with van der Waals surface area (Å²) in [5.41, 5.74) is 1.95. The van der Waals surface area contributed by atoms with E-state index in [0.717, 1.165) is 35.2 Å². The molecule has 1 aliphatic heterocycles. The lowest BCUT2D eigenvalue weighted by Crippen LogP contribution is -2.32. The third kappa shape index (κ3) is 3.07. The highest BCUT2D eigenvalue weighted by Crippen LogP contribution is 2.23. The summed E-state index contributed by atoms with van der Waals surface area (Å²) in [7, 11) is 3.57. The van der Waals surface area contributed by atoms with Crippen molar-refractivity contribution >= 4 is 21.7 Å². The Hall–Kier alpha value is -0.720. The Morgan fingerprint density at radius 2 is 2.37 bits per heavy atom. The fourth-order valence-corrected chi connectivity index (χ4v) is 3.18. The number of aromatic nitrogens is 2. The van der Waals surface area contributed by atoms with Crippen LogP contribution in [0, 0.1) is 0 Å². The van der Waals surface area contributed by atoms with E-state index in [9.17, 15) is 4.79 Å². The number of nitrogens with one attached hydrogen (secondary N) is 1. The second kappa shape index (κ2) is 6.15. The lowest BCUT2D eigenvalue weighted by Gasteiger charge is -2.09. The molecule has 1 saturated heterocycles. The molecule has 5 nitrogen and oxygen atoms in total. The van der Waals surface area contributed by atoms with Gasteiger partial charge in [0, 0.05) is 20.7 Å². The summed E-state index contributed by atoms with van der Waals surface area (Å²) in [5.74, 6) is 0.200. The maximum Gasteiger partial charge on any atom is 0.155 e. The Labute approximate surface area is 121 Å². The van der Waals surface area contributed by atoms with E-state index in [0.29, 0.717) is 6.42 Å². The molecule has 2 atom stereocenters. The average Bonchev–Trinajstić information content (AvgIpc) is 2.98. The molecule has 2 unspecified atom stereocenters. The smallest absolute Gasteiger partial charge is 0.155 e. The molecule has 0 amide bonds. The van der Waals surface area contributed by atoms with Gasteiger partial charge >= 0.3 is 0 Å². The van der Waals surface area contributed by atoms with Crippen molar-refractivity contribution in [2.24, 2.45) is 7.05 Å². The van der Waals surface area contributed by atoms with Gasteiger partial charge in [-0.15, -0.1) is 0 Å². The van der Waals surface area contributed by atoms with Gasteiger partial charge in [0.25, 0.3) is 0 Å². The molecule has 1 fully saturated rings. The molecule has 1 N–H and O–H groups in total. The van der Waals surface area contributed by atoms with Gasteiger partial charge in [-0.05, 0) is 28.8 Å². The van der Waals surface area contributed by atoms with Crippen LogP contribution in [0.1, 0.15) is 24.7 Å². The van der Waals surface area contributed by atoms with Crippen LogP contribution in [0.3, 0.4) is 0 Å². The maximum atomic E-state index is 12.3. The SMILES string of the molecule is CCc1nn(C)c(CC(=O)C2CC(OC)CN2)c1Br. The number of halogens is 1. The zero-order chi connectivity index (χ0) is 14.0. The second-order valence-corrected chi connectivity index (χ2v) is 5.67. The first-order valence-corrected chi connectivity index (χ1v) is 7.35. The number of hydrogen-bond acceptors (Lipinski definition) is 4. The zero-order valence-electron chi connectivity index (χ0n) is 11.6. The van der Waals surface area contributed by atoms with E-state index in [4.69, 9.17) is 4.74 Å². The van der Waals surface area contributed by atoms with E-state index in [2.05, 4.69) is 33.3 Å². The van der Waals surface area contributed by atoms with Crippen molar-refractivity contribution in [2.45, 2.75) is 38.3 Å². The first-order valence-electron chi connectivity index (χ1n) is 6.55. The Morgan fingerprint density at radius 1 is 1.63 bits per heavy atom. The molecule has 19 heavy (non-hydrogen) atoms. The second-order valence-electron chi connectivity index (χ2n) is 4.88. The van der Waals surface area contributed by atoms with Gasteiger partial charge < -0.3 is 10.1 Å². The third-order valence-corrected chi connectivity index (χ3v) is 4.57. The van der Waals surface area contributed by atoms with Crippen molar-refractivity contribution in [3.05, 3.63) is 15.9 Å². The van der Waals surface area contributed by atoms with Crippen molar-refractivity contribution in [2.75, 3.05) is 13.7 Å². The molecule has 1 aromatic heterocycles. The van der Waals surface area contributed by atoms with Gasteiger partial charge in [0.15, 0.2) is 5.78 Å². The molecule has 0 saturated carbocycles. The number of nitrogens with zero attached hydrogens (tertiary/aromatic N) is 2. The van der Waals surface area contributed by atoms with Crippen LogP contribution in [0.2, 0.25) is 0 Å². The number of carbonyl (C=O) groups excluding carboxylic acids is 1. The normalized spacial score (nSPS) is 22.9. The van der Waals surface area contributed by atoms with E-state index < -0.39 is 0 Å². The molecule has 0 aliphatic carbocycles. The standard InChI is InChI=1S/C13H20BrN3O2/c1-4-9-13(14)11(17(2)16-9)6-12(18)10-5-8(19-3)7-15-10/h8,10,15H,4-7H2,1-3H3. The Balaban J connectivity index is 2.05. The molecule has 2 rings (SSSR count). The zero-order valence-corrected chi connectivity index (χ0v) is 13.2. The molecule has 0 bridgehead atoms. The van der Waals surface area contributed by atoms with Crippen LogP contribution < -0.4 is 5.32 Å². The lowest BCUT2D eigenvalue weighted by atomic mass is 10.1. The van der Waals surface area contributed by atoms with Crippen molar-refractivity contribution < 1.29 is 9.53 Å². The Kier molecular flexibility index (Phi) is 4.76.